The van der Waals surface area contributed by atoms with Crippen LogP contribution in [0.4, 0.5) is 17.6 Å². The quantitative estimate of drug-likeness (QED) is 0.709. The van der Waals surface area contributed by atoms with Gasteiger partial charge in [-0.3, -0.25) is 4.79 Å². The molecule has 0 saturated carbocycles. The maximum atomic E-state index is 12.8. The third-order valence-electron chi connectivity index (χ3n) is 3.91. The van der Waals surface area contributed by atoms with Crippen LogP contribution < -0.4 is 4.74 Å². The minimum Gasteiger partial charge on any atom is -0.496 e. The Hall–Kier alpha value is -1.83. The van der Waals surface area contributed by atoms with E-state index in [9.17, 15) is 22.4 Å². The molecule has 1 aromatic rings. The molecule has 0 aliphatic carbocycles. The topological polar surface area (TPSA) is 38.8 Å². The van der Waals surface area contributed by atoms with Crippen LogP contribution in [0.5, 0.6) is 5.75 Å². The zero-order valence-corrected chi connectivity index (χ0v) is 13.2. The molecule has 0 bridgehead atoms. The molecular weight excluding hydrogens is 330 g/mol. The summed E-state index contributed by atoms with van der Waals surface area (Å²) in [6, 6.07) is 6.99. The molecule has 1 saturated heterocycles. The van der Waals surface area contributed by atoms with Gasteiger partial charge in [-0.15, -0.1) is 0 Å². The van der Waals surface area contributed by atoms with E-state index in [1.807, 2.05) is 12.1 Å². The lowest BCUT2D eigenvalue weighted by atomic mass is 10.0. The van der Waals surface area contributed by atoms with E-state index in [0.717, 1.165) is 12.0 Å². The van der Waals surface area contributed by atoms with Gasteiger partial charge in [0.05, 0.1) is 13.2 Å². The molecule has 0 N–H and O–H groups in total. The largest absolute Gasteiger partial charge is 0.496 e. The second-order valence-corrected chi connectivity index (χ2v) is 5.54. The summed E-state index contributed by atoms with van der Waals surface area (Å²) >= 11 is 0. The SMILES string of the molecule is COc1ccccc1[C@@H]1CCCN1C(=O)COCC(F)(F)C(F)F. The molecule has 4 nitrogen and oxygen atoms in total. The van der Waals surface area contributed by atoms with Gasteiger partial charge in [-0.05, 0) is 18.9 Å². The first kappa shape index (κ1) is 18.5. The first-order chi connectivity index (χ1) is 11.4. The monoisotopic (exact) mass is 349 g/mol. The van der Waals surface area contributed by atoms with E-state index >= 15 is 0 Å². The van der Waals surface area contributed by atoms with Crippen molar-refractivity contribution in [1.29, 1.82) is 0 Å². The van der Waals surface area contributed by atoms with Crippen molar-refractivity contribution < 1.29 is 31.8 Å². The average Bonchev–Trinajstić information content (AvgIpc) is 3.03. The van der Waals surface area contributed by atoms with Crippen molar-refractivity contribution in [2.45, 2.75) is 31.2 Å². The molecule has 2 rings (SSSR count). The second-order valence-electron chi connectivity index (χ2n) is 5.54. The van der Waals surface area contributed by atoms with Crippen molar-refractivity contribution in [2.75, 3.05) is 26.9 Å². The standard InChI is InChI=1S/C16H19F4NO3/c1-23-13-7-3-2-5-11(13)12-6-4-8-21(12)14(22)9-24-10-16(19,20)15(17)18/h2-3,5,7,12,15H,4,6,8-10H2,1H3/t12-/m0/s1. The highest BCUT2D eigenvalue weighted by Gasteiger charge is 2.41. The van der Waals surface area contributed by atoms with Gasteiger partial charge in [0.1, 0.15) is 19.0 Å². The van der Waals surface area contributed by atoms with Gasteiger partial charge in [-0.1, -0.05) is 18.2 Å². The van der Waals surface area contributed by atoms with Gasteiger partial charge >= 0.3 is 12.3 Å². The van der Waals surface area contributed by atoms with E-state index in [-0.39, 0.29) is 6.04 Å². The normalized spacial score (nSPS) is 18.2. The number of carbonyl (C=O) groups excluding carboxylic acids is 1. The highest BCUT2D eigenvalue weighted by Crippen LogP contribution is 2.36. The molecule has 1 heterocycles. The van der Waals surface area contributed by atoms with Crippen LogP contribution in [-0.2, 0) is 9.53 Å². The molecule has 0 unspecified atom stereocenters. The highest BCUT2D eigenvalue weighted by molar-refractivity contribution is 5.78. The average molecular weight is 349 g/mol. The zero-order valence-electron chi connectivity index (χ0n) is 13.2. The van der Waals surface area contributed by atoms with Crippen LogP contribution in [-0.4, -0.2) is 50.0 Å². The number of halogens is 4. The van der Waals surface area contributed by atoms with E-state index < -0.39 is 31.5 Å². The third-order valence-corrected chi connectivity index (χ3v) is 3.91. The maximum absolute atomic E-state index is 12.8. The van der Waals surface area contributed by atoms with Crippen molar-refractivity contribution in [3.05, 3.63) is 29.8 Å². The van der Waals surface area contributed by atoms with Gasteiger partial charge in [0, 0.05) is 12.1 Å². The van der Waals surface area contributed by atoms with E-state index in [1.165, 1.54) is 12.0 Å². The maximum Gasteiger partial charge on any atom is 0.330 e. The van der Waals surface area contributed by atoms with Crippen LogP contribution in [0.15, 0.2) is 24.3 Å². The fourth-order valence-corrected chi connectivity index (χ4v) is 2.75. The van der Waals surface area contributed by atoms with Gasteiger partial charge in [-0.2, -0.15) is 8.78 Å². The van der Waals surface area contributed by atoms with Crippen LogP contribution in [0.25, 0.3) is 0 Å². The van der Waals surface area contributed by atoms with Gasteiger partial charge in [0.2, 0.25) is 5.91 Å². The summed E-state index contributed by atoms with van der Waals surface area (Å²) in [5, 5.41) is 0. The van der Waals surface area contributed by atoms with Crippen LogP contribution in [0.1, 0.15) is 24.4 Å². The molecule has 1 atom stereocenters. The first-order valence-corrected chi connectivity index (χ1v) is 7.53. The second kappa shape index (κ2) is 7.83. The zero-order chi connectivity index (χ0) is 17.7. The number of carbonyl (C=O) groups is 1. The molecule has 1 aliphatic rings. The van der Waals surface area contributed by atoms with Crippen molar-refractivity contribution in [2.24, 2.45) is 0 Å². The van der Waals surface area contributed by atoms with Crippen LogP contribution >= 0.6 is 0 Å². The fraction of sp³-hybridized carbons (Fsp3) is 0.562. The Morgan fingerprint density at radius 3 is 2.75 bits per heavy atom. The fourth-order valence-electron chi connectivity index (χ4n) is 2.75. The Labute approximate surface area is 137 Å². The predicted molar refractivity (Wildman–Crippen MR) is 78.5 cm³/mol. The minimum atomic E-state index is -4.26. The van der Waals surface area contributed by atoms with E-state index in [1.54, 1.807) is 12.1 Å². The molecule has 0 radical (unpaired) electrons. The summed E-state index contributed by atoms with van der Waals surface area (Å²) in [4.78, 5) is 13.7. The van der Waals surface area contributed by atoms with Crippen molar-refractivity contribution in [3.63, 3.8) is 0 Å². The Morgan fingerprint density at radius 1 is 1.38 bits per heavy atom. The van der Waals surface area contributed by atoms with Crippen LogP contribution in [0.2, 0.25) is 0 Å². The van der Waals surface area contributed by atoms with Gasteiger partial charge < -0.3 is 14.4 Å². The molecule has 134 valence electrons. The molecule has 0 spiro atoms. The van der Waals surface area contributed by atoms with Crippen molar-refractivity contribution in [1.82, 2.24) is 4.90 Å². The number of para-hydroxylation sites is 1. The number of hydrogen-bond donors (Lipinski definition) is 0. The number of alkyl halides is 4. The summed E-state index contributed by atoms with van der Waals surface area (Å²) in [6.45, 7) is -1.69. The Balaban J connectivity index is 1.99. The molecule has 0 aromatic heterocycles. The van der Waals surface area contributed by atoms with Gasteiger partial charge in [0.15, 0.2) is 0 Å². The number of benzene rings is 1. The molecule has 8 heteroatoms. The van der Waals surface area contributed by atoms with Crippen molar-refractivity contribution in [3.8, 4) is 5.75 Å². The van der Waals surface area contributed by atoms with E-state index in [0.29, 0.717) is 18.7 Å². The Morgan fingerprint density at radius 2 is 2.08 bits per heavy atom. The lowest BCUT2D eigenvalue weighted by molar-refractivity contribution is -0.171. The number of rotatable bonds is 7. The van der Waals surface area contributed by atoms with Crippen LogP contribution in [0.3, 0.4) is 0 Å². The molecule has 1 aliphatic heterocycles. The van der Waals surface area contributed by atoms with Crippen LogP contribution in [0, 0.1) is 0 Å². The summed E-state index contributed by atoms with van der Waals surface area (Å²) < 4.78 is 59.5. The lowest BCUT2D eigenvalue weighted by Gasteiger charge is -2.26. The molecular formula is C16H19F4NO3. The molecule has 24 heavy (non-hydrogen) atoms. The first-order valence-electron chi connectivity index (χ1n) is 7.53. The summed E-state index contributed by atoms with van der Waals surface area (Å²) in [5.74, 6) is -4.13. The molecule has 1 fully saturated rings. The summed E-state index contributed by atoms with van der Waals surface area (Å²) in [7, 11) is 1.52. The Bertz CT molecular complexity index is 568. The number of methoxy groups -OCH3 is 1. The van der Waals surface area contributed by atoms with Gasteiger partial charge in [0.25, 0.3) is 0 Å². The summed E-state index contributed by atoms with van der Waals surface area (Å²) in [6.07, 6.45) is -2.36. The van der Waals surface area contributed by atoms with E-state index in [4.69, 9.17) is 4.74 Å². The summed E-state index contributed by atoms with van der Waals surface area (Å²) in [5.41, 5.74) is 0.823. The van der Waals surface area contributed by atoms with Crippen molar-refractivity contribution >= 4 is 5.91 Å². The Kier molecular flexibility index (Phi) is 6.04. The number of nitrogens with zero attached hydrogens (tertiary/aromatic N) is 1. The molecule has 1 amide bonds. The number of likely N-dealkylation sites (tertiary alicyclic amines) is 1. The lowest BCUT2D eigenvalue weighted by Crippen LogP contribution is -2.37. The van der Waals surface area contributed by atoms with Gasteiger partial charge in [-0.25, -0.2) is 8.78 Å². The predicted octanol–water partition coefficient (Wildman–Crippen LogP) is 3.28. The van der Waals surface area contributed by atoms with E-state index in [2.05, 4.69) is 4.74 Å². The molecule has 1 aromatic carbocycles. The number of hydrogen-bond acceptors (Lipinski definition) is 3. The number of amides is 1. The highest BCUT2D eigenvalue weighted by atomic mass is 19.3. The third kappa shape index (κ3) is 4.17. The number of ether oxygens (including phenoxy) is 2. The smallest absolute Gasteiger partial charge is 0.330 e. The minimum absolute atomic E-state index is 0.243.